The summed E-state index contributed by atoms with van der Waals surface area (Å²) >= 11 is 3.49. The first-order valence-corrected chi connectivity index (χ1v) is 7.37. The Morgan fingerprint density at radius 1 is 1.48 bits per heavy atom. The third kappa shape index (κ3) is 3.27. The second-order valence-electron chi connectivity index (χ2n) is 4.63. The number of nitrogens with one attached hydrogen (secondary N) is 2. The van der Waals surface area contributed by atoms with Crippen LogP contribution in [0.2, 0.25) is 0 Å². The van der Waals surface area contributed by atoms with Crippen LogP contribution in [0.4, 0.5) is 5.69 Å². The van der Waals surface area contributed by atoms with Crippen LogP contribution in [0.25, 0.3) is 16.8 Å². The summed E-state index contributed by atoms with van der Waals surface area (Å²) in [5.74, 6) is 0.239. The Kier molecular flexibility index (Phi) is 4.16. The lowest BCUT2D eigenvalue weighted by atomic mass is 10.1. The molecule has 8 nitrogen and oxygen atoms in total. The van der Waals surface area contributed by atoms with Crippen LogP contribution in [0.1, 0.15) is 5.82 Å². The number of nitriles is 1. The smallest absolute Gasteiger partial charge is 0.216 e. The maximum Gasteiger partial charge on any atom is 0.216 e. The molecular weight excluding hydrogens is 360 g/mol. The number of allylic oxidation sites excluding steroid dienone is 1. The lowest BCUT2D eigenvalue weighted by Crippen LogP contribution is -1.93. The molecule has 0 spiro atoms. The van der Waals surface area contributed by atoms with Crippen LogP contribution < -0.4 is 5.32 Å². The average Bonchev–Trinajstić information content (AvgIpc) is 3.18. The van der Waals surface area contributed by atoms with Crippen molar-refractivity contribution >= 4 is 27.2 Å². The molecule has 0 saturated carbocycles. The maximum absolute atomic E-state index is 9.15. The van der Waals surface area contributed by atoms with Gasteiger partial charge in [-0.05, 0) is 33.3 Å². The molecule has 0 amide bonds. The summed E-state index contributed by atoms with van der Waals surface area (Å²) in [7, 11) is 1.86. The number of hydrogen-bond donors (Lipinski definition) is 2. The second-order valence-corrected chi connectivity index (χ2v) is 5.48. The normalized spacial score (nSPS) is 11.3. The molecule has 0 atom stereocenters. The molecule has 2 N–H and O–H groups in total. The van der Waals surface area contributed by atoms with E-state index < -0.39 is 0 Å². The predicted molar refractivity (Wildman–Crippen MR) is 87.7 cm³/mol. The molecule has 0 fully saturated rings. The van der Waals surface area contributed by atoms with Gasteiger partial charge in [-0.3, -0.25) is 4.68 Å². The molecule has 0 aliphatic heterocycles. The Labute approximate surface area is 140 Å². The minimum atomic E-state index is 0.239. The van der Waals surface area contributed by atoms with Crippen molar-refractivity contribution in [3.63, 3.8) is 0 Å². The molecule has 0 radical (unpaired) electrons. The first kappa shape index (κ1) is 14.9. The molecule has 2 aromatic heterocycles. The van der Waals surface area contributed by atoms with Crippen molar-refractivity contribution in [1.82, 2.24) is 30.4 Å². The Bertz CT molecular complexity index is 888. The van der Waals surface area contributed by atoms with Gasteiger partial charge in [-0.1, -0.05) is 12.1 Å². The van der Waals surface area contributed by atoms with Gasteiger partial charge in [-0.15, -0.1) is 10.2 Å². The van der Waals surface area contributed by atoms with Gasteiger partial charge in [0.15, 0.2) is 0 Å². The molecule has 0 bridgehead atoms. The van der Waals surface area contributed by atoms with Crippen molar-refractivity contribution in [3.05, 3.63) is 47.0 Å². The summed E-state index contributed by atoms with van der Waals surface area (Å²) in [6.07, 6.45) is 3.43. The summed E-state index contributed by atoms with van der Waals surface area (Å²) in [4.78, 5) is 0. The fourth-order valence-corrected chi connectivity index (χ4v) is 2.59. The van der Waals surface area contributed by atoms with E-state index in [0.717, 1.165) is 21.4 Å². The number of hydrogen-bond acceptors (Lipinski definition) is 6. The van der Waals surface area contributed by atoms with Crippen LogP contribution in [0, 0.1) is 11.3 Å². The molecule has 1 aromatic carbocycles. The number of H-pyrrole nitrogens is 1. The van der Waals surface area contributed by atoms with Gasteiger partial charge in [0.2, 0.25) is 5.82 Å². The van der Waals surface area contributed by atoms with E-state index in [9.17, 15) is 0 Å². The molecule has 0 saturated heterocycles. The minimum Gasteiger partial charge on any atom is -0.360 e. The van der Waals surface area contributed by atoms with Crippen LogP contribution in [0.3, 0.4) is 0 Å². The molecule has 23 heavy (non-hydrogen) atoms. The van der Waals surface area contributed by atoms with Gasteiger partial charge in [0.05, 0.1) is 4.47 Å². The quantitative estimate of drug-likeness (QED) is 0.682. The van der Waals surface area contributed by atoms with Crippen molar-refractivity contribution in [1.29, 1.82) is 5.26 Å². The standard InChI is InChI=1S/C14H11BrN8/c1-23-8-12(15)13(20-23)9-3-2-4-11(5-9)17-7-10(6-16)14-18-21-22-19-14/h2-5,7-8,17H,1H3,(H,18,19,21,22). The first-order chi connectivity index (χ1) is 11.2. The molecule has 3 rings (SSSR count). The van der Waals surface area contributed by atoms with E-state index in [0.29, 0.717) is 0 Å². The third-order valence-electron chi connectivity index (χ3n) is 3.01. The van der Waals surface area contributed by atoms with E-state index in [1.54, 1.807) is 4.68 Å². The summed E-state index contributed by atoms with van der Waals surface area (Å²) < 4.78 is 2.65. The van der Waals surface area contributed by atoms with Crippen LogP contribution in [-0.4, -0.2) is 30.4 Å². The van der Waals surface area contributed by atoms with E-state index in [1.165, 1.54) is 6.20 Å². The van der Waals surface area contributed by atoms with Crippen LogP contribution in [0.5, 0.6) is 0 Å². The second kappa shape index (κ2) is 6.41. The van der Waals surface area contributed by atoms with E-state index in [-0.39, 0.29) is 11.4 Å². The molecule has 2 heterocycles. The van der Waals surface area contributed by atoms with E-state index in [2.05, 4.69) is 47.0 Å². The highest BCUT2D eigenvalue weighted by atomic mass is 79.9. The third-order valence-corrected chi connectivity index (χ3v) is 3.59. The maximum atomic E-state index is 9.15. The van der Waals surface area contributed by atoms with Gasteiger partial charge < -0.3 is 5.32 Å². The summed E-state index contributed by atoms with van der Waals surface area (Å²) in [6.45, 7) is 0. The fraction of sp³-hybridized carbons (Fsp3) is 0.0714. The number of nitrogens with zero attached hydrogens (tertiary/aromatic N) is 6. The fourth-order valence-electron chi connectivity index (χ4n) is 1.99. The SMILES string of the molecule is Cn1cc(Br)c(-c2cccc(NC=C(C#N)c3nn[nH]n3)c2)n1. The lowest BCUT2D eigenvalue weighted by Gasteiger charge is -2.04. The topological polar surface area (TPSA) is 108 Å². The molecule has 114 valence electrons. The Morgan fingerprint density at radius 2 is 2.35 bits per heavy atom. The van der Waals surface area contributed by atoms with Gasteiger partial charge >= 0.3 is 0 Å². The number of halogens is 1. The van der Waals surface area contributed by atoms with E-state index in [1.807, 2.05) is 43.6 Å². The molecule has 0 unspecified atom stereocenters. The molecule has 0 aliphatic carbocycles. The van der Waals surface area contributed by atoms with Gasteiger partial charge in [-0.2, -0.15) is 15.6 Å². The number of rotatable bonds is 4. The van der Waals surface area contributed by atoms with Crippen molar-refractivity contribution in [2.75, 3.05) is 5.32 Å². The van der Waals surface area contributed by atoms with Gasteiger partial charge in [0.25, 0.3) is 0 Å². The van der Waals surface area contributed by atoms with Crippen molar-refractivity contribution < 1.29 is 0 Å². The zero-order valence-electron chi connectivity index (χ0n) is 12.0. The lowest BCUT2D eigenvalue weighted by molar-refractivity contribution is 0.770. The summed E-state index contributed by atoms with van der Waals surface area (Å²) in [5.41, 5.74) is 2.90. The van der Waals surface area contributed by atoms with Gasteiger partial charge in [0.1, 0.15) is 17.3 Å². The zero-order chi connectivity index (χ0) is 16.2. The number of aromatic amines is 1. The molecule has 9 heteroatoms. The largest absolute Gasteiger partial charge is 0.360 e. The number of anilines is 1. The highest BCUT2D eigenvalue weighted by Gasteiger charge is 2.09. The Hall–Kier alpha value is -2.99. The highest BCUT2D eigenvalue weighted by Crippen LogP contribution is 2.28. The summed E-state index contributed by atoms with van der Waals surface area (Å²) in [6, 6.07) is 9.73. The number of benzene rings is 1. The van der Waals surface area contributed by atoms with Crippen molar-refractivity contribution in [3.8, 4) is 17.3 Å². The average molecular weight is 371 g/mol. The van der Waals surface area contributed by atoms with Crippen LogP contribution in [0.15, 0.2) is 41.1 Å². The van der Waals surface area contributed by atoms with Crippen molar-refractivity contribution in [2.24, 2.45) is 7.05 Å². The molecular formula is C14H11BrN8. The van der Waals surface area contributed by atoms with Crippen molar-refractivity contribution in [2.45, 2.75) is 0 Å². The highest BCUT2D eigenvalue weighted by molar-refractivity contribution is 9.10. The van der Waals surface area contributed by atoms with E-state index in [4.69, 9.17) is 5.26 Å². The predicted octanol–water partition coefficient (Wildman–Crippen LogP) is 2.34. The van der Waals surface area contributed by atoms with Crippen LogP contribution >= 0.6 is 15.9 Å². The Balaban J connectivity index is 1.86. The van der Waals surface area contributed by atoms with E-state index >= 15 is 0 Å². The van der Waals surface area contributed by atoms with Gasteiger partial charge in [0, 0.05) is 30.7 Å². The number of aryl methyl sites for hydroxylation is 1. The number of tetrazole rings is 1. The van der Waals surface area contributed by atoms with Gasteiger partial charge in [-0.25, -0.2) is 0 Å². The summed E-state index contributed by atoms with van der Waals surface area (Å²) in [5, 5.41) is 29.9. The molecule has 0 aliphatic rings. The minimum absolute atomic E-state index is 0.239. The first-order valence-electron chi connectivity index (χ1n) is 6.57. The monoisotopic (exact) mass is 370 g/mol. The zero-order valence-corrected chi connectivity index (χ0v) is 13.6. The molecule has 3 aromatic rings. The Morgan fingerprint density at radius 3 is 3.00 bits per heavy atom. The number of aromatic nitrogens is 6. The van der Waals surface area contributed by atoms with Crippen LogP contribution in [-0.2, 0) is 7.05 Å².